The molecule has 1 amide bonds. The van der Waals surface area contributed by atoms with E-state index in [4.69, 9.17) is 9.90 Å². The maximum atomic E-state index is 12.8. The molecule has 41 heavy (non-hydrogen) atoms. The van der Waals surface area contributed by atoms with Crippen molar-refractivity contribution in [2.24, 2.45) is 5.92 Å². The van der Waals surface area contributed by atoms with E-state index >= 15 is 0 Å². The Balaban J connectivity index is 0.000000745. The lowest BCUT2D eigenvalue weighted by atomic mass is 10.1. The molecule has 4 N–H and O–H groups in total. The molecule has 226 valence electrons. The van der Waals surface area contributed by atoms with Crippen LogP contribution in [0.5, 0.6) is 0 Å². The van der Waals surface area contributed by atoms with Crippen molar-refractivity contribution in [3.8, 4) is 0 Å². The van der Waals surface area contributed by atoms with Crippen molar-refractivity contribution in [2.75, 3.05) is 48.9 Å². The molecule has 0 saturated carbocycles. The standard InChI is InChI=1S/C24H32N4O5S.C2HF3O2/c1-17(2)15-25-23(29)16-27-10-12-28(13-11-27)19-8-9-21(20(14-19)24(30)31)26-34(32,33)22-7-5-4-6-18(22)3;3-2(4,5)1(6)7/h4-9,14,17,26H,10-13,15-16H2,1-3H3,(H,25,29)(H,30,31);(H,6,7). The molecular weight excluding hydrogens is 569 g/mol. The zero-order chi connectivity index (χ0) is 31.0. The van der Waals surface area contributed by atoms with Gasteiger partial charge in [0.15, 0.2) is 0 Å². The summed E-state index contributed by atoms with van der Waals surface area (Å²) in [6.45, 7) is 9.35. The summed E-state index contributed by atoms with van der Waals surface area (Å²) in [6, 6.07) is 11.2. The van der Waals surface area contributed by atoms with Crippen molar-refractivity contribution >= 4 is 39.2 Å². The number of hydrogen-bond acceptors (Lipinski definition) is 7. The molecule has 2 aromatic rings. The van der Waals surface area contributed by atoms with Gasteiger partial charge in [-0.3, -0.25) is 14.4 Å². The number of carbonyl (C=O) groups excluding carboxylic acids is 1. The number of sulfonamides is 1. The van der Waals surface area contributed by atoms with Gasteiger partial charge in [-0.25, -0.2) is 18.0 Å². The highest BCUT2D eigenvalue weighted by Gasteiger charge is 2.38. The topological polar surface area (TPSA) is 156 Å². The maximum Gasteiger partial charge on any atom is 0.490 e. The van der Waals surface area contributed by atoms with Crippen molar-refractivity contribution in [2.45, 2.75) is 31.8 Å². The third-order valence-electron chi connectivity index (χ3n) is 5.92. The number of carboxylic acid groups (broad SMARTS) is 2. The van der Waals surface area contributed by atoms with Gasteiger partial charge in [0.25, 0.3) is 10.0 Å². The second-order valence-corrected chi connectivity index (χ2v) is 11.3. The van der Waals surface area contributed by atoms with Gasteiger partial charge in [0, 0.05) is 38.4 Å². The molecule has 3 rings (SSSR count). The molecule has 1 saturated heterocycles. The number of carbonyl (C=O) groups is 3. The highest BCUT2D eigenvalue weighted by Crippen LogP contribution is 2.27. The van der Waals surface area contributed by atoms with E-state index in [-0.39, 0.29) is 22.1 Å². The van der Waals surface area contributed by atoms with E-state index in [1.807, 2.05) is 18.7 Å². The summed E-state index contributed by atoms with van der Waals surface area (Å²) in [6.07, 6.45) is -5.08. The lowest BCUT2D eigenvalue weighted by Gasteiger charge is -2.36. The van der Waals surface area contributed by atoms with Crippen LogP contribution in [0.4, 0.5) is 24.5 Å². The largest absolute Gasteiger partial charge is 0.490 e. The van der Waals surface area contributed by atoms with Crippen molar-refractivity contribution in [3.63, 3.8) is 0 Å². The summed E-state index contributed by atoms with van der Waals surface area (Å²) < 4.78 is 59.8. The zero-order valence-electron chi connectivity index (χ0n) is 22.7. The van der Waals surface area contributed by atoms with Crippen molar-refractivity contribution in [3.05, 3.63) is 53.6 Å². The Morgan fingerprint density at radius 1 is 1.00 bits per heavy atom. The average Bonchev–Trinajstić information content (AvgIpc) is 2.88. The Morgan fingerprint density at radius 3 is 2.10 bits per heavy atom. The first kappa shape index (κ1) is 33.4. The van der Waals surface area contributed by atoms with E-state index in [9.17, 15) is 36.3 Å². The number of aryl methyl sites for hydroxylation is 1. The van der Waals surface area contributed by atoms with Gasteiger partial charge in [-0.05, 0) is 42.7 Å². The zero-order valence-corrected chi connectivity index (χ0v) is 23.6. The Hall–Kier alpha value is -3.85. The van der Waals surface area contributed by atoms with E-state index in [0.29, 0.717) is 56.4 Å². The van der Waals surface area contributed by atoms with Crippen LogP contribution in [0.3, 0.4) is 0 Å². The Bertz CT molecular complexity index is 1340. The summed E-state index contributed by atoms with van der Waals surface area (Å²) >= 11 is 0. The van der Waals surface area contributed by atoms with Gasteiger partial charge in [-0.15, -0.1) is 0 Å². The van der Waals surface area contributed by atoms with Crippen LogP contribution in [0.25, 0.3) is 0 Å². The summed E-state index contributed by atoms with van der Waals surface area (Å²) in [5, 5.41) is 19.8. The van der Waals surface area contributed by atoms with Crippen LogP contribution in [0.15, 0.2) is 47.4 Å². The number of halogens is 3. The number of carboxylic acids is 2. The number of aromatic carboxylic acids is 1. The lowest BCUT2D eigenvalue weighted by molar-refractivity contribution is -0.192. The van der Waals surface area contributed by atoms with Gasteiger partial charge in [-0.2, -0.15) is 13.2 Å². The van der Waals surface area contributed by atoms with Gasteiger partial charge >= 0.3 is 18.1 Å². The predicted octanol–water partition coefficient (Wildman–Crippen LogP) is 3.02. The van der Waals surface area contributed by atoms with Crippen LogP contribution in [-0.4, -0.2) is 86.8 Å². The minimum atomic E-state index is -5.08. The molecule has 0 aromatic heterocycles. The number of benzene rings is 2. The third kappa shape index (κ3) is 10.2. The van der Waals surface area contributed by atoms with Gasteiger partial charge in [0.2, 0.25) is 5.91 Å². The number of alkyl halides is 3. The predicted molar refractivity (Wildman–Crippen MR) is 146 cm³/mol. The summed E-state index contributed by atoms with van der Waals surface area (Å²) in [4.78, 5) is 37.1. The second-order valence-electron chi connectivity index (χ2n) is 9.67. The van der Waals surface area contributed by atoms with Crippen molar-refractivity contribution in [1.82, 2.24) is 10.2 Å². The van der Waals surface area contributed by atoms with E-state index in [0.717, 1.165) is 0 Å². The van der Waals surface area contributed by atoms with Gasteiger partial charge < -0.3 is 20.4 Å². The highest BCUT2D eigenvalue weighted by atomic mass is 32.2. The normalized spacial score (nSPS) is 14.2. The van der Waals surface area contributed by atoms with Crippen LogP contribution in [-0.2, 0) is 19.6 Å². The molecule has 0 unspecified atom stereocenters. The number of nitrogens with zero attached hydrogens (tertiary/aromatic N) is 2. The second kappa shape index (κ2) is 14.2. The molecule has 0 radical (unpaired) electrons. The van der Waals surface area contributed by atoms with E-state index < -0.39 is 28.1 Å². The van der Waals surface area contributed by atoms with Crippen LogP contribution in [0.1, 0.15) is 29.8 Å². The van der Waals surface area contributed by atoms with Crippen LogP contribution in [0, 0.1) is 12.8 Å². The highest BCUT2D eigenvalue weighted by molar-refractivity contribution is 7.92. The quantitative estimate of drug-likeness (QED) is 0.339. The van der Waals surface area contributed by atoms with Gasteiger partial charge in [-0.1, -0.05) is 32.0 Å². The molecule has 2 aromatic carbocycles. The molecule has 1 heterocycles. The summed E-state index contributed by atoms with van der Waals surface area (Å²) in [7, 11) is -3.94. The number of anilines is 2. The number of amides is 1. The summed E-state index contributed by atoms with van der Waals surface area (Å²) in [5.41, 5.74) is 1.16. The van der Waals surface area contributed by atoms with Crippen molar-refractivity contribution in [1.29, 1.82) is 0 Å². The fourth-order valence-electron chi connectivity index (χ4n) is 3.79. The molecule has 1 aliphatic heterocycles. The maximum absolute atomic E-state index is 12.8. The Labute approximate surface area is 236 Å². The van der Waals surface area contributed by atoms with Crippen molar-refractivity contribution < 1.29 is 46.2 Å². The third-order valence-corrected chi connectivity index (χ3v) is 7.44. The molecular formula is C26H33F3N4O7S. The minimum Gasteiger partial charge on any atom is -0.478 e. The first-order chi connectivity index (χ1) is 19.0. The summed E-state index contributed by atoms with van der Waals surface area (Å²) in [5.74, 6) is -3.58. The number of aliphatic carboxylic acids is 1. The molecule has 1 aliphatic rings. The monoisotopic (exact) mass is 602 g/mol. The SMILES string of the molecule is Cc1ccccc1S(=O)(=O)Nc1ccc(N2CCN(CC(=O)NCC(C)C)CC2)cc1C(=O)O.O=C(O)C(F)(F)F. The molecule has 0 atom stereocenters. The average molecular weight is 603 g/mol. The van der Waals surface area contributed by atoms with Crippen LogP contribution >= 0.6 is 0 Å². The molecule has 1 fully saturated rings. The molecule has 11 nitrogen and oxygen atoms in total. The van der Waals surface area contributed by atoms with E-state index in [1.165, 1.54) is 18.2 Å². The Morgan fingerprint density at radius 2 is 1.59 bits per heavy atom. The number of hydrogen-bond donors (Lipinski definition) is 4. The van der Waals surface area contributed by atoms with Gasteiger partial charge in [0.05, 0.1) is 22.7 Å². The van der Waals surface area contributed by atoms with E-state index in [2.05, 4.69) is 14.9 Å². The first-order valence-electron chi connectivity index (χ1n) is 12.5. The molecule has 0 aliphatic carbocycles. The lowest BCUT2D eigenvalue weighted by Crippen LogP contribution is -2.49. The van der Waals surface area contributed by atoms with Gasteiger partial charge in [0.1, 0.15) is 0 Å². The smallest absolute Gasteiger partial charge is 0.478 e. The minimum absolute atomic E-state index is 0.000558. The molecule has 0 spiro atoms. The van der Waals surface area contributed by atoms with Crippen LogP contribution < -0.4 is 14.9 Å². The fraction of sp³-hybridized carbons (Fsp3) is 0.423. The Kier molecular flexibility index (Phi) is 11.5. The fourth-order valence-corrected chi connectivity index (χ4v) is 5.12. The molecule has 15 heteroatoms. The first-order valence-corrected chi connectivity index (χ1v) is 14.0. The number of nitrogens with one attached hydrogen (secondary N) is 2. The number of piperazine rings is 1. The van der Waals surface area contributed by atoms with Crippen LogP contribution in [0.2, 0.25) is 0 Å². The van der Waals surface area contributed by atoms with E-state index in [1.54, 1.807) is 31.2 Å². The number of rotatable bonds is 9. The molecule has 0 bridgehead atoms.